The number of carbonyl (C=O) groups is 1. The summed E-state index contributed by atoms with van der Waals surface area (Å²) < 4.78 is 5.34. The van der Waals surface area contributed by atoms with Gasteiger partial charge in [-0.05, 0) is 37.9 Å². The molecule has 1 N–H and O–H groups in total. The van der Waals surface area contributed by atoms with Crippen LogP contribution in [-0.2, 0) is 0 Å². The minimum absolute atomic E-state index is 0.119. The Morgan fingerprint density at radius 3 is 2.81 bits per heavy atom. The average molecular weight is 290 g/mol. The molecule has 2 rings (SSSR count). The van der Waals surface area contributed by atoms with Gasteiger partial charge in [0.2, 0.25) is 0 Å². The van der Waals surface area contributed by atoms with Crippen LogP contribution >= 0.6 is 0 Å². The second-order valence-electron chi connectivity index (χ2n) is 6.13. The summed E-state index contributed by atoms with van der Waals surface area (Å²) in [4.78, 5) is 15.0. The lowest BCUT2D eigenvalue weighted by molar-refractivity contribution is 0.0666. The molecule has 4 nitrogen and oxygen atoms in total. The summed E-state index contributed by atoms with van der Waals surface area (Å²) in [7, 11) is 1.64. The molecule has 0 radical (unpaired) electrons. The van der Waals surface area contributed by atoms with Crippen LogP contribution in [0.5, 0.6) is 5.75 Å². The highest BCUT2D eigenvalue weighted by molar-refractivity contribution is 5.96. The van der Waals surface area contributed by atoms with Crippen LogP contribution in [0.3, 0.4) is 0 Å². The molecule has 1 amide bonds. The van der Waals surface area contributed by atoms with Gasteiger partial charge in [0.25, 0.3) is 5.91 Å². The number of hydrogen-bond acceptors (Lipinski definition) is 3. The van der Waals surface area contributed by atoms with Crippen molar-refractivity contribution in [2.45, 2.75) is 33.2 Å². The van der Waals surface area contributed by atoms with Crippen LogP contribution in [-0.4, -0.2) is 43.6 Å². The molecule has 21 heavy (non-hydrogen) atoms. The van der Waals surface area contributed by atoms with Crippen molar-refractivity contribution in [3.05, 3.63) is 29.3 Å². The maximum atomic E-state index is 13.0. The third kappa shape index (κ3) is 3.56. The van der Waals surface area contributed by atoms with E-state index in [2.05, 4.69) is 19.2 Å². The monoisotopic (exact) mass is 290 g/mol. The van der Waals surface area contributed by atoms with Crippen molar-refractivity contribution in [2.75, 3.05) is 26.7 Å². The van der Waals surface area contributed by atoms with Crippen LogP contribution < -0.4 is 10.1 Å². The van der Waals surface area contributed by atoms with Crippen molar-refractivity contribution < 1.29 is 9.53 Å². The first-order valence-corrected chi connectivity index (χ1v) is 7.70. The fourth-order valence-electron chi connectivity index (χ4n) is 2.92. The normalized spacial score (nSPS) is 18.0. The van der Waals surface area contributed by atoms with Crippen molar-refractivity contribution in [1.82, 2.24) is 10.2 Å². The Bertz CT molecular complexity index is 494. The number of nitrogens with zero attached hydrogens (tertiary/aromatic N) is 1. The third-order valence-corrected chi connectivity index (χ3v) is 4.03. The first-order valence-electron chi connectivity index (χ1n) is 7.70. The quantitative estimate of drug-likeness (QED) is 0.906. The van der Waals surface area contributed by atoms with Crippen molar-refractivity contribution in [3.63, 3.8) is 0 Å². The van der Waals surface area contributed by atoms with E-state index in [1.807, 2.05) is 30.0 Å². The molecule has 1 aliphatic rings. The van der Waals surface area contributed by atoms with E-state index in [0.717, 1.165) is 42.9 Å². The highest BCUT2D eigenvalue weighted by atomic mass is 16.5. The molecule has 0 unspecified atom stereocenters. The molecule has 1 aromatic carbocycles. The van der Waals surface area contributed by atoms with Gasteiger partial charge in [0.1, 0.15) is 5.75 Å². The largest absolute Gasteiger partial charge is 0.496 e. The minimum Gasteiger partial charge on any atom is -0.496 e. The third-order valence-electron chi connectivity index (χ3n) is 4.03. The number of benzene rings is 1. The highest BCUT2D eigenvalue weighted by Crippen LogP contribution is 2.24. The van der Waals surface area contributed by atoms with Crippen molar-refractivity contribution in [1.29, 1.82) is 0 Å². The first-order chi connectivity index (χ1) is 10.0. The summed E-state index contributed by atoms with van der Waals surface area (Å²) in [5.74, 6) is 1.35. The van der Waals surface area contributed by atoms with Gasteiger partial charge in [-0.3, -0.25) is 4.79 Å². The van der Waals surface area contributed by atoms with Gasteiger partial charge in [-0.2, -0.15) is 0 Å². The molecule has 1 saturated heterocycles. The summed E-state index contributed by atoms with van der Waals surface area (Å²) in [6.07, 6.45) is 1.03. The van der Waals surface area contributed by atoms with Crippen LogP contribution in [0.25, 0.3) is 0 Å². The average Bonchev–Trinajstić information content (AvgIpc) is 2.98. The summed E-state index contributed by atoms with van der Waals surface area (Å²) in [5, 5.41) is 3.35. The molecule has 1 aliphatic heterocycles. The molecule has 1 atom stereocenters. The fraction of sp³-hybridized carbons (Fsp3) is 0.588. The van der Waals surface area contributed by atoms with Gasteiger partial charge < -0.3 is 15.0 Å². The van der Waals surface area contributed by atoms with Gasteiger partial charge in [0, 0.05) is 30.3 Å². The lowest BCUT2D eigenvalue weighted by atomic mass is 10.0. The van der Waals surface area contributed by atoms with E-state index in [4.69, 9.17) is 4.74 Å². The molecular formula is C17H26N2O2. The first kappa shape index (κ1) is 15.8. The summed E-state index contributed by atoms with van der Waals surface area (Å²) in [5.41, 5.74) is 1.67. The number of hydrogen-bond donors (Lipinski definition) is 1. The smallest absolute Gasteiger partial charge is 0.254 e. The van der Waals surface area contributed by atoms with E-state index in [1.165, 1.54) is 0 Å². The van der Waals surface area contributed by atoms with Gasteiger partial charge >= 0.3 is 0 Å². The van der Waals surface area contributed by atoms with E-state index >= 15 is 0 Å². The van der Waals surface area contributed by atoms with Gasteiger partial charge in [-0.15, -0.1) is 0 Å². The Labute approximate surface area is 127 Å². The Hall–Kier alpha value is -1.55. The van der Waals surface area contributed by atoms with E-state index in [0.29, 0.717) is 12.0 Å². The zero-order valence-corrected chi connectivity index (χ0v) is 13.5. The van der Waals surface area contributed by atoms with Crippen LogP contribution in [0.1, 0.15) is 36.2 Å². The van der Waals surface area contributed by atoms with Crippen molar-refractivity contribution in [2.24, 2.45) is 5.92 Å². The molecule has 4 heteroatoms. The molecule has 116 valence electrons. The maximum Gasteiger partial charge on any atom is 0.254 e. The second kappa shape index (κ2) is 6.94. The Balaban J connectivity index is 2.29. The summed E-state index contributed by atoms with van der Waals surface area (Å²) >= 11 is 0. The van der Waals surface area contributed by atoms with Gasteiger partial charge in [-0.1, -0.05) is 19.9 Å². The van der Waals surface area contributed by atoms with Crippen LogP contribution in [0.2, 0.25) is 0 Å². The zero-order chi connectivity index (χ0) is 15.4. The van der Waals surface area contributed by atoms with E-state index in [9.17, 15) is 4.79 Å². The van der Waals surface area contributed by atoms with E-state index in [1.54, 1.807) is 7.11 Å². The number of carbonyl (C=O) groups excluding carboxylic acids is 1. The topological polar surface area (TPSA) is 41.6 Å². The molecule has 0 aromatic heterocycles. The Morgan fingerprint density at radius 1 is 1.48 bits per heavy atom. The van der Waals surface area contributed by atoms with Gasteiger partial charge in [0.05, 0.1) is 7.11 Å². The summed E-state index contributed by atoms with van der Waals surface area (Å²) in [6, 6.07) is 5.98. The molecule has 1 heterocycles. The molecule has 1 fully saturated rings. The number of methoxy groups -OCH3 is 1. The predicted octanol–water partition coefficient (Wildman–Crippen LogP) is 2.46. The van der Waals surface area contributed by atoms with Gasteiger partial charge in [-0.25, -0.2) is 0 Å². The molecule has 0 saturated carbocycles. The summed E-state index contributed by atoms with van der Waals surface area (Å²) in [6.45, 7) is 8.93. The second-order valence-corrected chi connectivity index (χ2v) is 6.13. The van der Waals surface area contributed by atoms with E-state index < -0.39 is 0 Å². The van der Waals surface area contributed by atoms with Crippen LogP contribution in [0, 0.1) is 12.8 Å². The lowest BCUT2D eigenvalue weighted by Crippen LogP contribution is -2.43. The fourth-order valence-corrected chi connectivity index (χ4v) is 2.92. The lowest BCUT2D eigenvalue weighted by Gasteiger charge is -2.31. The number of nitrogens with one attached hydrogen (secondary N) is 1. The standard InChI is InChI=1S/C17H26N2O2/c1-12(2)11-19(14-8-9-18-10-14)17(20)15-6-5-7-16(21-4)13(15)3/h5-7,12,14,18H,8-11H2,1-4H3/t14-/m0/s1. The van der Waals surface area contributed by atoms with Gasteiger partial charge in [0.15, 0.2) is 0 Å². The highest BCUT2D eigenvalue weighted by Gasteiger charge is 2.28. The molecule has 0 spiro atoms. The zero-order valence-electron chi connectivity index (χ0n) is 13.5. The maximum absolute atomic E-state index is 13.0. The minimum atomic E-state index is 0.119. The van der Waals surface area contributed by atoms with Crippen molar-refractivity contribution >= 4 is 5.91 Å². The van der Waals surface area contributed by atoms with E-state index in [-0.39, 0.29) is 5.91 Å². The SMILES string of the molecule is COc1cccc(C(=O)N(CC(C)C)[C@H]2CCNC2)c1C. The number of amides is 1. The Kier molecular flexibility index (Phi) is 5.23. The number of ether oxygens (including phenoxy) is 1. The van der Waals surface area contributed by atoms with Crippen LogP contribution in [0.4, 0.5) is 0 Å². The molecule has 0 aliphatic carbocycles. The van der Waals surface area contributed by atoms with Crippen LogP contribution in [0.15, 0.2) is 18.2 Å². The predicted molar refractivity (Wildman–Crippen MR) is 84.9 cm³/mol. The molecule has 1 aromatic rings. The molecule has 0 bridgehead atoms. The molecular weight excluding hydrogens is 264 g/mol. The Morgan fingerprint density at radius 2 is 2.24 bits per heavy atom. The van der Waals surface area contributed by atoms with Crippen molar-refractivity contribution in [3.8, 4) is 5.75 Å². The number of rotatable bonds is 5.